The van der Waals surface area contributed by atoms with E-state index in [0.29, 0.717) is 18.3 Å². The standard InChI is InChI=1S/C12H15IN4O/c1-17(2)7-10(14)11-15-12(18-16-11)8-3-5-9(13)6-4-8/h3-6,10H,7,14H2,1-2H3. The molecule has 18 heavy (non-hydrogen) atoms. The molecule has 0 radical (unpaired) electrons. The summed E-state index contributed by atoms with van der Waals surface area (Å²) in [5, 5.41) is 3.93. The molecule has 96 valence electrons. The molecule has 0 bridgehead atoms. The van der Waals surface area contributed by atoms with Crippen LogP contribution in [0.2, 0.25) is 0 Å². The Morgan fingerprint density at radius 2 is 2.00 bits per heavy atom. The predicted octanol–water partition coefficient (Wildman–Crippen LogP) is 1.90. The molecule has 1 heterocycles. The number of hydrogen-bond donors (Lipinski definition) is 1. The Labute approximate surface area is 119 Å². The van der Waals surface area contributed by atoms with Crippen LogP contribution < -0.4 is 5.73 Å². The normalized spacial score (nSPS) is 12.9. The summed E-state index contributed by atoms with van der Waals surface area (Å²) in [7, 11) is 3.92. The average Bonchev–Trinajstić information content (AvgIpc) is 2.78. The van der Waals surface area contributed by atoms with Crippen LogP contribution in [0.15, 0.2) is 28.8 Å². The molecule has 2 aromatic rings. The van der Waals surface area contributed by atoms with Gasteiger partial charge in [0.1, 0.15) is 0 Å². The largest absolute Gasteiger partial charge is 0.334 e. The number of nitrogens with zero attached hydrogens (tertiary/aromatic N) is 3. The summed E-state index contributed by atoms with van der Waals surface area (Å²) in [4.78, 5) is 6.32. The second-order valence-electron chi connectivity index (χ2n) is 4.33. The number of benzene rings is 1. The SMILES string of the molecule is CN(C)CC(N)c1noc(-c2ccc(I)cc2)n1. The van der Waals surface area contributed by atoms with Crippen LogP contribution in [-0.4, -0.2) is 35.7 Å². The minimum Gasteiger partial charge on any atom is -0.334 e. The fourth-order valence-electron chi connectivity index (χ4n) is 1.57. The lowest BCUT2D eigenvalue weighted by Crippen LogP contribution is -2.26. The molecular weight excluding hydrogens is 343 g/mol. The monoisotopic (exact) mass is 358 g/mol. The summed E-state index contributed by atoms with van der Waals surface area (Å²) in [5.74, 6) is 1.05. The van der Waals surface area contributed by atoms with Crippen LogP contribution in [0.25, 0.3) is 11.5 Å². The van der Waals surface area contributed by atoms with Gasteiger partial charge in [-0.05, 0) is 61.0 Å². The van der Waals surface area contributed by atoms with E-state index in [9.17, 15) is 0 Å². The molecule has 0 fully saturated rings. The van der Waals surface area contributed by atoms with Crippen molar-refractivity contribution in [2.45, 2.75) is 6.04 Å². The first-order chi connectivity index (χ1) is 8.56. The minimum absolute atomic E-state index is 0.235. The third-order valence-electron chi connectivity index (χ3n) is 2.43. The average molecular weight is 358 g/mol. The molecule has 1 aromatic heterocycles. The zero-order chi connectivity index (χ0) is 13.1. The molecule has 0 aliphatic carbocycles. The number of halogens is 1. The lowest BCUT2D eigenvalue weighted by Gasteiger charge is -2.12. The van der Waals surface area contributed by atoms with Crippen molar-refractivity contribution >= 4 is 22.6 Å². The number of likely N-dealkylation sites (N-methyl/N-ethyl adjacent to an activating group) is 1. The third-order valence-corrected chi connectivity index (χ3v) is 3.15. The summed E-state index contributed by atoms with van der Waals surface area (Å²) in [6, 6.07) is 7.67. The summed E-state index contributed by atoms with van der Waals surface area (Å²) in [6.07, 6.45) is 0. The van der Waals surface area contributed by atoms with E-state index in [1.807, 2.05) is 43.3 Å². The minimum atomic E-state index is -0.235. The van der Waals surface area contributed by atoms with E-state index in [1.165, 1.54) is 3.57 Å². The highest BCUT2D eigenvalue weighted by Gasteiger charge is 2.15. The van der Waals surface area contributed by atoms with E-state index < -0.39 is 0 Å². The Hall–Kier alpha value is -0.990. The number of rotatable bonds is 4. The first-order valence-corrected chi connectivity index (χ1v) is 6.64. The van der Waals surface area contributed by atoms with Crippen molar-refractivity contribution in [3.63, 3.8) is 0 Å². The maximum atomic E-state index is 5.98. The lowest BCUT2D eigenvalue weighted by molar-refractivity contribution is 0.357. The van der Waals surface area contributed by atoms with E-state index in [2.05, 4.69) is 32.7 Å². The number of hydrogen-bond acceptors (Lipinski definition) is 5. The van der Waals surface area contributed by atoms with Gasteiger partial charge in [-0.25, -0.2) is 0 Å². The molecule has 0 saturated carbocycles. The van der Waals surface area contributed by atoms with Crippen LogP contribution in [0.4, 0.5) is 0 Å². The van der Waals surface area contributed by atoms with Gasteiger partial charge in [0, 0.05) is 15.7 Å². The molecule has 6 heteroatoms. The first kappa shape index (κ1) is 13.4. The maximum absolute atomic E-state index is 5.98. The Kier molecular flexibility index (Phi) is 4.31. The van der Waals surface area contributed by atoms with Gasteiger partial charge in [-0.2, -0.15) is 4.98 Å². The van der Waals surface area contributed by atoms with Gasteiger partial charge in [0.2, 0.25) is 0 Å². The topological polar surface area (TPSA) is 68.2 Å². The quantitative estimate of drug-likeness (QED) is 0.846. The molecule has 5 nitrogen and oxygen atoms in total. The van der Waals surface area contributed by atoms with Crippen LogP contribution >= 0.6 is 22.6 Å². The van der Waals surface area contributed by atoms with E-state index in [1.54, 1.807) is 0 Å². The van der Waals surface area contributed by atoms with Gasteiger partial charge in [-0.15, -0.1) is 0 Å². The molecule has 0 aliphatic rings. The van der Waals surface area contributed by atoms with Crippen molar-refractivity contribution in [2.75, 3.05) is 20.6 Å². The molecule has 0 aliphatic heterocycles. The fraction of sp³-hybridized carbons (Fsp3) is 0.333. The van der Waals surface area contributed by atoms with Crippen molar-refractivity contribution < 1.29 is 4.52 Å². The van der Waals surface area contributed by atoms with Crippen molar-refractivity contribution in [1.29, 1.82) is 0 Å². The molecule has 0 amide bonds. The molecule has 2 N–H and O–H groups in total. The second-order valence-corrected chi connectivity index (χ2v) is 5.58. The lowest BCUT2D eigenvalue weighted by atomic mass is 10.2. The van der Waals surface area contributed by atoms with Crippen LogP contribution in [-0.2, 0) is 0 Å². The van der Waals surface area contributed by atoms with Gasteiger partial charge in [0.25, 0.3) is 5.89 Å². The van der Waals surface area contributed by atoms with Crippen molar-refractivity contribution in [3.8, 4) is 11.5 Å². The van der Waals surface area contributed by atoms with Gasteiger partial charge < -0.3 is 15.2 Å². The predicted molar refractivity (Wildman–Crippen MR) is 77.9 cm³/mol. The van der Waals surface area contributed by atoms with Crippen molar-refractivity contribution in [3.05, 3.63) is 33.7 Å². The summed E-state index contributed by atoms with van der Waals surface area (Å²) in [5.41, 5.74) is 6.89. The fourth-order valence-corrected chi connectivity index (χ4v) is 1.93. The van der Waals surface area contributed by atoms with Gasteiger partial charge in [0.15, 0.2) is 5.82 Å². The van der Waals surface area contributed by atoms with Gasteiger partial charge in [-0.3, -0.25) is 0 Å². The zero-order valence-electron chi connectivity index (χ0n) is 10.3. The Morgan fingerprint density at radius 3 is 2.61 bits per heavy atom. The molecule has 0 spiro atoms. The van der Waals surface area contributed by atoms with Crippen LogP contribution in [0.5, 0.6) is 0 Å². The van der Waals surface area contributed by atoms with Gasteiger partial charge >= 0.3 is 0 Å². The highest BCUT2D eigenvalue weighted by Crippen LogP contribution is 2.19. The molecule has 2 rings (SSSR count). The zero-order valence-corrected chi connectivity index (χ0v) is 12.5. The van der Waals surface area contributed by atoms with E-state index in [0.717, 1.165) is 5.56 Å². The van der Waals surface area contributed by atoms with Crippen LogP contribution in [0.3, 0.4) is 0 Å². The van der Waals surface area contributed by atoms with Crippen LogP contribution in [0, 0.1) is 3.57 Å². The molecule has 1 aromatic carbocycles. The summed E-state index contributed by atoms with van der Waals surface area (Å²) < 4.78 is 6.40. The summed E-state index contributed by atoms with van der Waals surface area (Å²) >= 11 is 2.25. The third kappa shape index (κ3) is 3.27. The Bertz CT molecular complexity index is 509. The van der Waals surface area contributed by atoms with E-state index >= 15 is 0 Å². The molecule has 1 atom stereocenters. The van der Waals surface area contributed by atoms with Crippen molar-refractivity contribution in [2.24, 2.45) is 5.73 Å². The molecule has 1 unspecified atom stereocenters. The summed E-state index contributed by atoms with van der Waals surface area (Å²) in [6.45, 7) is 0.686. The number of nitrogens with two attached hydrogens (primary N) is 1. The maximum Gasteiger partial charge on any atom is 0.257 e. The van der Waals surface area contributed by atoms with Crippen LogP contribution in [0.1, 0.15) is 11.9 Å². The van der Waals surface area contributed by atoms with Gasteiger partial charge in [0.05, 0.1) is 6.04 Å². The van der Waals surface area contributed by atoms with Crippen molar-refractivity contribution in [1.82, 2.24) is 15.0 Å². The molecule has 0 saturated heterocycles. The van der Waals surface area contributed by atoms with E-state index in [-0.39, 0.29) is 6.04 Å². The number of aromatic nitrogens is 2. The second kappa shape index (κ2) is 5.77. The van der Waals surface area contributed by atoms with Gasteiger partial charge in [-0.1, -0.05) is 5.16 Å². The Morgan fingerprint density at radius 1 is 1.33 bits per heavy atom. The Balaban J connectivity index is 2.17. The highest BCUT2D eigenvalue weighted by molar-refractivity contribution is 14.1. The first-order valence-electron chi connectivity index (χ1n) is 5.56. The van der Waals surface area contributed by atoms with E-state index in [4.69, 9.17) is 10.3 Å². The highest BCUT2D eigenvalue weighted by atomic mass is 127. The smallest absolute Gasteiger partial charge is 0.257 e. The molecular formula is C12H15IN4O.